The van der Waals surface area contributed by atoms with Gasteiger partial charge in [-0.25, -0.2) is 0 Å². The molecule has 2 aliphatic heterocycles. The largest absolute Gasteiger partial charge is 0.458 e. The number of rotatable bonds is 16. The summed E-state index contributed by atoms with van der Waals surface area (Å²) in [5.41, 5.74) is 6.34. The molecule has 2 aliphatic rings. The number of hydrogen-bond acceptors (Lipinski definition) is 4. The molecule has 8 rings (SSSR count). The fraction of sp³-hybridized carbons (Fsp3) is 0.308. The summed E-state index contributed by atoms with van der Waals surface area (Å²) in [6, 6.07) is 47.4. The van der Waals surface area contributed by atoms with Crippen LogP contribution in [-0.4, -0.2) is 6.71 Å². The van der Waals surface area contributed by atoms with Crippen LogP contribution in [0.3, 0.4) is 0 Å². The molecule has 57 heavy (non-hydrogen) atoms. The lowest BCUT2D eigenvalue weighted by Crippen LogP contribution is -2.57. The van der Waals surface area contributed by atoms with E-state index in [1.54, 1.807) is 0 Å². The van der Waals surface area contributed by atoms with Gasteiger partial charge in [0, 0.05) is 11.5 Å². The first-order valence-corrected chi connectivity index (χ1v) is 21.3. The highest BCUT2D eigenvalue weighted by Crippen LogP contribution is 2.35. The predicted octanol–water partition coefficient (Wildman–Crippen LogP) is 13.2. The van der Waals surface area contributed by atoms with Gasteiger partial charge in [-0.3, -0.25) is 0 Å². The summed E-state index contributed by atoms with van der Waals surface area (Å²) in [4.78, 5) is 0. The van der Waals surface area contributed by atoms with Gasteiger partial charge in [-0.15, -0.1) is 0 Å². The van der Waals surface area contributed by atoms with Crippen LogP contribution in [0.1, 0.15) is 90.2 Å². The Balaban J connectivity index is 0.000000174. The van der Waals surface area contributed by atoms with Gasteiger partial charge in [-0.05, 0) is 107 Å². The van der Waals surface area contributed by atoms with E-state index in [9.17, 15) is 0 Å². The van der Waals surface area contributed by atoms with Crippen LogP contribution in [0.5, 0.6) is 46.0 Å². The molecule has 4 nitrogen and oxygen atoms in total. The third-order valence-corrected chi connectivity index (χ3v) is 11.4. The minimum atomic E-state index is 0.172. The fourth-order valence-electron chi connectivity index (χ4n) is 8.20. The number of hydrogen-bond donors (Lipinski definition) is 0. The molecule has 0 aliphatic carbocycles. The topological polar surface area (TPSA) is 36.9 Å². The van der Waals surface area contributed by atoms with Crippen molar-refractivity contribution in [3.05, 3.63) is 151 Å². The van der Waals surface area contributed by atoms with Crippen molar-refractivity contribution >= 4 is 23.1 Å². The quantitative estimate of drug-likeness (QED) is 0.0920. The third-order valence-electron chi connectivity index (χ3n) is 11.4. The molecule has 0 spiro atoms. The Morgan fingerprint density at radius 2 is 0.965 bits per heavy atom. The molecule has 292 valence electrons. The van der Waals surface area contributed by atoms with E-state index in [2.05, 4.69) is 88.4 Å². The van der Waals surface area contributed by atoms with Crippen molar-refractivity contribution < 1.29 is 18.9 Å². The van der Waals surface area contributed by atoms with Crippen LogP contribution in [0, 0.1) is 11.8 Å². The monoisotopic (exact) mass is 756 g/mol. The highest BCUT2D eigenvalue weighted by molar-refractivity contribution is 6.98. The standard InChI is InChI=1S/C26H27BO2.C26H30O2/c1-3-5-9-18(4-2)16-19-14-15-21-25(17-19)29-24-13-8-12-23-26(24)27(21)20-10-6-7-11-22(20)28-23;1-3-5-11-21(4-2)18-22-12-9-15-24(19-22)28-26-17-10-16-25(20-26)27-23-13-7-6-8-14-23/h6-8,10-15,17-18H,3-5,9,16H2,1-2H3;6-10,12-17,19-21H,3-5,11,18H2,1-2H3. The van der Waals surface area contributed by atoms with E-state index in [1.807, 2.05) is 78.9 Å². The van der Waals surface area contributed by atoms with Crippen molar-refractivity contribution in [1.29, 1.82) is 0 Å². The van der Waals surface area contributed by atoms with Crippen LogP contribution in [0.2, 0.25) is 0 Å². The van der Waals surface area contributed by atoms with Gasteiger partial charge in [0.2, 0.25) is 0 Å². The maximum atomic E-state index is 6.40. The molecule has 0 amide bonds. The first-order valence-electron chi connectivity index (χ1n) is 21.3. The number of para-hydroxylation sites is 2. The summed E-state index contributed by atoms with van der Waals surface area (Å²) >= 11 is 0. The minimum absolute atomic E-state index is 0.172. The average molecular weight is 757 g/mol. The molecule has 6 aromatic carbocycles. The molecule has 0 bridgehead atoms. The summed E-state index contributed by atoms with van der Waals surface area (Å²) in [7, 11) is 0. The van der Waals surface area contributed by atoms with Gasteiger partial charge in [0.1, 0.15) is 46.0 Å². The Morgan fingerprint density at radius 1 is 0.456 bits per heavy atom. The molecule has 0 N–H and O–H groups in total. The summed E-state index contributed by atoms with van der Waals surface area (Å²) in [6.45, 7) is 9.31. The molecule has 2 heterocycles. The van der Waals surface area contributed by atoms with Crippen molar-refractivity contribution in [3.63, 3.8) is 0 Å². The average Bonchev–Trinajstić information content (AvgIpc) is 3.24. The van der Waals surface area contributed by atoms with Crippen molar-refractivity contribution in [2.24, 2.45) is 11.8 Å². The van der Waals surface area contributed by atoms with Crippen LogP contribution in [0.15, 0.2) is 140 Å². The SMILES string of the molecule is CCCCC(CC)Cc1ccc2c(c1)Oc1cccc3c1B2c1ccccc1O3.CCCCC(CC)Cc1cccc(Oc2cccc(Oc3ccccc3)c2)c1. The van der Waals surface area contributed by atoms with Gasteiger partial charge in [-0.2, -0.15) is 0 Å². The zero-order chi connectivity index (χ0) is 39.4. The Hall–Kier alpha value is -5.42. The smallest absolute Gasteiger partial charge is 0.260 e. The summed E-state index contributed by atoms with van der Waals surface area (Å²) in [5, 5.41) is 0. The van der Waals surface area contributed by atoms with Gasteiger partial charge in [-0.1, -0.05) is 152 Å². The molecule has 2 unspecified atom stereocenters. The highest BCUT2D eigenvalue weighted by Gasteiger charge is 2.39. The molecule has 0 saturated carbocycles. The number of ether oxygens (including phenoxy) is 4. The molecular weight excluding hydrogens is 699 g/mol. The van der Waals surface area contributed by atoms with Crippen molar-refractivity contribution in [1.82, 2.24) is 0 Å². The van der Waals surface area contributed by atoms with Gasteiger partial charge in [0.15, 0.2) is 0 Å². The number of unbranched alkanes of at least 4 members (excludes halogenated alkanes) is 2. The van der Waals surface area contributed by atoms with Gasteiger partial charge >= 0.3 is 0 Å². The Morgan fingerprint density at radius 3 is 1.63 bits per heavy atom. The van der Waals surface area contributed by atoms with E-state index in [1.165, 1.54) is 73.4 Å². The van der Waals surface area contributed by atoms with E-state index in [0.29, 0.717) is 0 Å². The molecule has 2 atom stereocenters. The van der Waals surface area contributed by atoms with Crippen LogP contribution in [0.25, 0.3) is 0 Å². The molecule has 0 aromatic heterocycles. The van der Waals surface area contributed by atoms with Crippen LogP contribution < -0.4 is 35.3 Å². The molecule has 5 heteroatoms. The lowest BCUT2D eigenvalue weighted by molar-refractivity contribution is 0.445. The molecular formula is C52H57BO4. The summed E-state index contributed by atoms with van der Waals surface area (Å²) in [5.74, 6) is 8.52. The van der Waals surface area contributed by atoms with Crippen LogP contribution in [-0.2, 0) is 12.8 Å². The van der Waals surface area contributed by atoms with Crippen molar-refractivity contribution in [3.8, 4) is 46.0 Å². The second-order valence-electron chi connectivity index (χ2n) is 15.6. The molecule has 0 saturated heterocycles. The summed E-state index contributed by atoms with van der Waals surface area (Å²) < 4.78 is 24.6. The lowest BCUT2D eigenvalue weighted by atomic mass is 9.35. The van der Waals surface area contributed by atoms with Crippen LogP contribution in [0.4, 0.5) is 0 Å². The lowest BCUT2D eigenvalue weighted by Gasteiger charge is -2.33. The van der Waals surface area contributed by atoms with Gasteiger partial charge in [0.25, 0.3) is 6.71 Å². The number of fused-ring (bicyclic) bond motifs is 4. The Bertz CT molecular complexity index is 2200. The first kappa shape index (κ1) is 39.8. The van der Waals surface area contributed by atoms with Crippen molar-refractivity contribution in [2.45, 2.75) is 91.9 Å². The summed E-state index contributed by atoms with van der Waals surface area (Å²) in [6.07, 6.45) is 12.5. The van der Waals surface area contributed by atoms with E-state index in [0.717, 1.165) is 76.1 Å². The minimum Gasteiger partial charge on any atom is -0.458 e. The van der Waals surface area contributed by atoms with Gasteiger partial charge in [0.05, 0.1) is 0 Å². The molecule has 0 radical (unpaired) electrons. The maximum absolute atomic E-state index is 6.40. The molecule has 6 aromatic rings. The normalized spacial score (nSPS) is 13.0. The zero-order valence-corrected chi connectivity index (χ0v) is 34.2. The van der Waals surface area contributed by atoms with E-state index >= 15 is 0 Å². The third kappa shape index (κ3) is 10.1. The van der Waals surface area contributed by atoms with Crippen molar-refractivity contribution in [2.75, 3.05) is 0 Å². The predicted molar refractivity (Wildman–Crippen MR) is 238 cm³/mol. The van der Waals surface area contributed by atoms with E-state index in [4.69, 9.17) is 18.9 Å². The van der Waals surface area contributed by atoms with Gasteiger partial charge < -0.3 is 18.9 Å². The first-order chi connectivity index (χ1) is 28.0. The fourth-order valence-corrected chi connectivity index (χ4v) is 8.20. The van der Waals surface area contributed by atoms with Crippen LogP contribution >= 0.6 is 0 Å². The highest BCUT2D eigenvalue weighted by atomic mass is 16.5. The maximum Gasteiger partial charge on any atom is 0.260 e. The van der Waals surface area contributed by atoms with E-state index in [-0.39, 0.29) is 6.71 Å². The molecule has 0 fully saturated rings. The van der Waals surface area contributed by atoms with E-state index < -0.39 is 0 Å². The zero-order valence-electron chi connectivity index (χ0n) is 34.2. The second-order valence-corrected chi connectivity index (χ2v) is 15.6. The Labute approximate surface area is 341 Å². The Kier molecular flexibility index (Phi) is 13.7. The second kappa shape index (κ2) is 19.6. The number of benzene rings is 6.